The van der Waals surface area contributed by atoms with Crippen molar-refractivity contribution in [2.24, 2.45) is 0 Å². The van der Waals surface area contributed by atoms with Crippen LogP contribution in [0.4, 0.5) is 0 Å². The van der Waals surface area contributed by atoms with Crippen molar-refractivity contribution in [1.82, 2.24) is 4.90 Å². The van der Waals surface area contributed by atoms with Crippen LogP contribution in [0.25, 0.3) is 0 Å². The average Bonchev–Trinajstić information content (AvgIpc) is 2.33. The van der Waals surface area contributed by atoms with E-state index in [1.54, 1.807) is 12.1 Å². The van der Waals surface area contributed by atoms with E-state index in [0.717, 1.165) is 5.56 Å². The lowest BCUT2D eigenvalue weighted by molar-refractivity contribution is 0.0599. The standard InChI is InChI=1S/C15H21ClN2O/c1-15(2,3)18(10-4-9-17)11-14(19)12-5-7-13(16)8-6-12/h5-8,14,19H,4,10-11H2,1-3H3/t14-/m0/s1. The van der Waals surface area contributed by atoms with Crippen LogP contribution < -0.4 is 0 Å². The molecule has 0 bridgehead atoms. The van der Waals surface area contributed by atoms with Crippen LogP contribution in [-0.4, -0.2) is 28.6 Å². The quantitative estimate of drug-likeness (QED) is 0.899. The molecule has 0 saturated carbocycles. The number of nitriles is 1. The Bertz CT molecular complexity index is 431. The maximum Gasteiger partial charge on any atom is 0.0917 e. The third-order valence-corrected chi connectivity index (χ3v) is 3.34. The number of aliphatic hydroxyl groups excluding tert-OH is 1. The summed E-state index contributed by atoms with van der Waals surface area (Å²) in [6.07, 6.45) is -0.111. The minimum atomic E-state index is -0.574. The van der Waals surface area contributed by atoms with Crippen molar-refractivity contribution in [3.63, 3.8) is 0 Å². The molecule has 1 aromatic rings. The lowest BCUT2D eigenvalue weighted by atomic mass is 10.0. The number of nitrogens with zero attached hydrogens (tertiary/aromatic N) is 2. The molecule has 104 valence electrons. The van der Waals surface area contributed by atoms with Gasteiger partial charge in [-0.3, -0.25) is 4.90 Å². The van der Waals surface area contributed by atoms with Gasteiger partial charge in [0.25, 0.3) is 0 Å². The summed E-state index contributed by atoms with van der Waals surface area (Å²) in [5.74, 6) is 0. The van der Waals surface area contributed by atoms with Crippen LogP contribution in [0.2, 0.25) is 5.02 Å². The Hall–Kier alpha value is -1.08. The third-order valence-electron chi connectivity index (χ3n) is 3.09. The van der Waals surface area contributed by atoms with Crippen LogP contribution in [0, 0.1) is 11.3 Å². The van der Waals surface area contributed by atoms with E-state index in [1.807, 2.05) is 12.1 Å². The second-order valence-electron chi connectivity index (χ2n) is 5.59. The highest BCUT2D eigenvalue weighted by Gasteiger charge is 2.23. The number of halogens is 1. The highest BCUT2D eigenvalue weighted by molar-refractivity contribution is 6.30. The second-order valence-corrected chi connectivity index (χ2v) is 6.03. The van der Waals surface area contributed by atoms with Crippen molar-refractivity contribution >= 4 is 11.6 Å². The molecule has 0 unspecified atom stereocenters. The zero-order valence-electron chi connectivity index (χ0n) is 11.7. The fourth-order valence-corrected chi connectivity index (χ4v) is 2.01. The molecule has 1 aromatic carbocycles. The first-order valence-corrected chi connectivity index (χ1v) is 6.78. The molecule has 0 amide bonds. The molecule has 0 heterocycles. The molecule has 1 atom stereocenters. The lowest BCUT2D eigenvalue weighted by Crippen LogP contribution is -2.44. The summed E-state index contributed by atoms with van der Waals surface area (Å²) < 4.78 is 0. The molecule has 0 aliphatic rings. The van der Waals surface area contributed by atoms with Gasteiger partial charge in [0.1, 0.15) is 0 Å². The van der Waals surface area contributed by atoms with Gasteiger partial charge in [0, 0.05) is 30.1 Å². The van der Waals surface area contributed by atoms with Gasteiger partial charge in [0.2, 0.25) is 0 Å². The number of aliphatic hydroxyl groups is 1. The maximum absolute atomic E-state index is 10.3. The summed E-state index contributed by atoms with van der Waals surface area (Å²) in [6, 6.07) is 9.36. The van der Waals surface area contributed by atoms with Crippen LogP contribution in [-0.2, 0) is 0 Å². The first kappa shape index (κ1) is 16.0. The largest absolute Gasteiger partial charge is 0.387 e. The normalized spacial score (nSPS) is 13.3. The highest BCUT2D eigenvalue weighted by Crippen LogP contribution is 2.21. The summed E-state index contributed by atoms with van der Waals surface area (Å²) >= 11 is 5.84. The summed E-state index contributed by atoms with van der Waals surface area (Å²) in [4.78, 5) is 2.12. The van der Waals surface area contributed by atoms with Gasteiger partial charge < -0.3 is 5.11 Å². The van der Waals surface area contributed by atoms with E-state index >= 15 is 0 Å². The van der Waals surface area contributed by atoms with Gasteiger partial charge in [0.15, 0.2) is 0 Å². The van der Waals surface area contributed by atoms with Crippen LogP contribution in [0.5, 0.6) is 0 Å². The zero-order chi connectivity index (χ0) is 14.5. The molecule has 0 aliphatic heterocycles. The monoisotopic (exact) mass is 280 g/mol. The van der Waals surface area contributed by atoms with Crippen molar-refractivity contribution in [2.75, 3.05) is 13.1 Å². The number of benzene rings is 1. The van der Waals surface area contributed by atoms with E-state index in [2.05, 4.69) is 31.7 Å². The van der Waals surface area contributed by atoms with Crippen molar-refractivity contribution in [2.45, 2.75) is 38.8 Å². The molecule has 0 saturated heterocycles. The molecule has 0 spiro atoms. The Morgan fingerprint density at radius 3 is 2.37 bits per heavy atom. The van der Waals surface area contributed by atoms with Crippen molar-refractivity contribution in [3.8, 4) is 6.07 Å². The summed E-state index contributed by atoms with van der Waals surface area (Å²) in [6.45, 7) is 7.41. The van der Waals surface area contributed by atoms with E-state index in [9.17, 15) is 5.11 Å². The zero-order valence-corrected chi connectivity index (χ0v) is 12.5. The molecule has 19 heavy (non-hydrogen) atoms. The van der Waals surface area contributed by atoms with Gasteiger partial charge in [-0.25, -0.2) is 0 Å². The van der Waals surface area contributed by atoms with Gasteiger partial charge >= 0.3 is 0 Å². The summed E-state index contributed by atoms with van der Waals surface area (Å²) in [5.41, 5.74) is 0.764. The number of rotatable bonds is 5. The molecule has 1 N–H and O–H groups in total. The van der Waals surface area contributed by atoms with E-state index in [4.69, 9.17) is 16.9 Å². The SMILES string of the molecule is CC(C)(C)N(CCC#N)C[C@H](O)c1ccc(Cl)cc1. The smallest absolute Gasteiger partial charge is 0.0917 e. The molecule has 0 aromatic heterocycles. The molecule has 0 fully saturated rings. The van der Waals surface area contributed by atoms with Crippen molar-refractivity contribution in [3.05, 3.63) is 34.9 Å². The third kappa shape index (κ3) is 5.20. The average molecular weight is 281 g/mol. The Morgan fingerprint density at radius 2 is 1.89 bits per heavy atom. The van der Waals surface area contributed by atoms with Crippen LogP contribution in [0.1, 0.15) is 38.9 Å². The molecule has 1 rings (SSSR count). The Labute approximate surface area is 120 Å². The molecule has 4 heteroatoms. The minimum absolute atomic E-state index is 0.0791. The van der Waals surface area contributed by atoms with E-state index in [0.29, 0.717) is 24.5 Å². The molecular weight excluding hydrogens is 260 g/mol. The first-order valence-electron chi connectivity index (χ1n) is 6.40. The summed E-state index contributed by atoms with van der Waals surface area (Å²) in [7, 11) is 0. The number of hydrogen-bond donors (Lipinski definition) is 1. The minimum Gasteiger partial charge on any atom is -0.387 e. The van der Waals surface area contributed by atoms with Gasteiger partial charge in [0.05, 0.1) is 12.2 Å². The van der Waals surface area contributed by atoms with E-state index in [1.165, 1.54) is 0 Å². The highest BCUT2D eigenvalue weighted by atomic mass is 35.5. The van der Waals surface area contributed by atoms with E-state index in [-0.39, 0.29) is 5.54 Å². The van der Waals surface area contributed by atoms with Crippen LogP contribution in [0.3, 0.4) is 0 Å². The van der Waals surface area contributed by atoms with Crippen molar-refractivity contribution in [1.29, 1.82) is 5.26 Å². The topological polar surface area (TPSA) is 47.3 Å². The Morgan fingerprint density at radius 1 is 1.32 bits per heavy atom. The molecule has 0 radical (unpaired) electrons. The summed E-state index contributed by atoms with van der Waals surface area (Å²) in [5, 5.41) is 19.6. The lowest BCUT2D eigenvalue weighted by Gasteiger charge is -2.36. The van der Waals surface area contributed by atoms with Gasteiger partial charge in [-0.1, -0.05) is 23.7 Å². The van der Waals surface area contributed by atoms with Gasteiger partial charge in [-0.15, -0.1) is 0 Å². The van der Waals surface area contributed by atoms with E-state index < -0.39 is 6.10 Å². The maximum atomic E-state index is 10.3. The first-order chi connectivity index (χ1) is 8.84. The Balaban J connectivity index is 2.73. The van der Waals surface area contributed by atoms with Gasteiger partial charge in [-0.05, 0) is 38.5 Å². The molecule has 0 aliphatic carbocycles. The fraction of sp³-hybridized carbons (Fsp3) is 0.533. The fourth-order valence-electron chi connectivity index (χ4n) is 1.88. The molecule has 3 nitrogen and oxygen atoms in total. The van der Waals surface area contributed by atoms with Crippen molar-refractivity contribution < 1.29 is 5.11 Å². The Kier molecular flexibility index (Phi) is 5.81. The predicted octanol–water partition coefficient (Wildman–Crippen LogP) is 3.39. The number of β-amino-alcohol motifs (C(OH)–C–C–N with tert-alkyl or cyclic N) is 1. The number of hydrogen-bond acceptors (Lipinski definition) is 3. The molecular formula is C15H21ClN2O. The van der Waals surface area contributed by atoms with Crippen LogP contribution in [0.15, 0.2) is 24.3 Å². The van der Waals surface area contributed by atoms with Crippen LogP contribution >= 0.6 is 11.6 Å². The second kappa shape index (κ2) is 6.91. The van der Waals surface area contributed by atoms with Gasteiger partial charge in [-0.2, -0.15) is 5.26 Å². The predicted molar refractivity (Wildman–Crippen MR) is 78.0 cm³/mol.